The van der Waals surface area contributed by atoms with Crippen molar-refractivity contribution in [1.29, 1.82) is 0 Å². The SMILES string of the molecule is C=C1C=CC2(C)C(=C1)CCC1C3CC(C)C(O)(C(=O)COC(=O)CCCC(=O)OC4CCC5C6C(C)CC7=CC(=O)CCC7C6C(C)CC45C)C3(C)CC(O)C12F. The van der Waals surface area contributed by atoms with Crippen LogP contribution >= 0.6 is 0 Å². The van der Waals surface area contributed by atoms with Crippen molar-refractivity contribution >= 4 is 23.5 Å². The van der Waals surface area contributed by atoms with E-state index in [9.17, 15) is 29.4 Å². The normalized spacial score (nSPS) is 48.3. The maximum atomic E-state index is 17.6. The number of esters is 2. The summed E-state index contributed by atoms with van der Waals surface area (Å²) < 4.78 is 29.2. The monoisotopic (exact) mass is 788 g/mol. The Morgan fingerprint density at radius 1 is 0.912 bits per heavy atom. The minimum Gasteiger partial charge on any atom is -0.462 e. The maximum Gasteiger partial charge on any atom is 0.306 e. The lowest BCUT2D eigenvalue weighted by molar-refractivity contribution is -0.219. The number of Topliss-reactive ketones (excluding diaryl/α,β-unsaturated/α-hetero) is 1. The molecule has 8 rings (SSSR count). The molecular weight excluding hydrogens is 724 g/mol. The number of carbonyl (C=O) groups is 4. The smallest absolute Gasteiger partial charge is 0.306 e. The zero-order chi connectivity index (χ0) is 41.0. The van der Waals surface area contributed by atoms with Gasteiger partial charge in [-0.1, -0.05) is 70.6 Å². The third-order valence-corrected chi connectivity index (χ3v) is 18.0. The predicted molar refractivity (Wildman–Crippen MR) is 213 cm³/mol. The molecule has 16 atom stereocenters. The lowest BCUT2D eigenvalue weighted by Gasteiger charge is -2.62. The summed E-state index contributed by atoms with van der Waals surface area (Å²) in [6, 6.07) is 0. The number of allylic oxidation sites excluding steroid dienone is 6. The van der Waals surface area contributed by atoms with Crippen molar-refractivity contribution < 1.29 is 43.3 Å². The predicted octanol–water partition coefficient (Wildman–Crippen LogP) is 8.15. The molecule has 9 heteroatoms. The fourth-order valence-corrected chi connectivity index (χ4v) is 15.4. The zero-order valence-corrected chi connectivity index (χ0v) is 35.0. The Kier molecular flexibility index (Phi) is 10.1. The second kappa shape index (κ2) is 14.1. The van der Waals surface area contributed by atoms with Gasteiger partial charge in [-0.25, -0.2) is 4.39 Å². The van der Waals surface area contributed by atoms with Crippen LogP contribution in [-0.4, -0.2) is 63.8 Å². The first-order chi connectivity index (χ1) is 26.8. The Hall–Kier alpha value is -2.91. The van der Waals surface area contributed by atoms with Crippen molar-refractivity contribution in [3.05, 3.63) is 47.6 Å². The highest BCUT2D eigenvalue weighted by molar-refractivity contribution is 5.92. The molecule has 0 amide bonds. The highest BCUT2D eigenvalue weighted by Crippen LogP contribution is 2.71. The second-order valence-electron chi connectivity index (χ2n) is 20.8. The Morgan fingerprint density at radius 3 is 2.40 bits per heavy atom. The van der Waals surface area contributed by atoms with Crippen molar-refractivity contribution in [2.75, 3.05) is 6.61 Å². The van der Waals surface area contributed by atoms with Crippen LogP contribution in [0, 0.1) is 69.5 Å². The molecule has 0 heterocycles. The number of ketones is 2. The van der Waals surface area contributed by atoms with Crippen molar-refractivity contribution in [3.63, 3.8) is 0 Å². The quantitative estimate of drug-likeness (QED) is 0.236. The summed E-state index contributed by atoms with van der Waals surface area (Å²) in [4.78, 5) is 52.3. The van der Waals surface area contributed by atoms with Crippen LogP contribution in [0.4, 0.5) is 4.39 Å². The van der Waals surface area contributed by atoms with Crippen LogP contribution in [0.2, 0.25) is 0 Å². The van der Waals surface area contributed by atoms with E-state index in [-0.39, 0.29) is 54.9 Å². The molecule has 8 aliphatic carbocycles. The first kappa shape index (κ1) is 40.9. The molecule has 0 aliphatic heterocycles. The number of carbonyl (C=O) groups excluding carboxylic acids is 4. The maximum absolute atomic E-state index is 17.6. The van der Waals surface area contributed by atoms with E-state index in [1.165, 1.54) is 5.57 Å². The molecule has 57 heavy (non-hydrogen) atoms. The van der Waals surface area contributed by atoms with Gasteiger partial charge in [0.15, 0.2) is 18.1 Å². The van der Waals surface area contributed by atoms with Gasteiger partial charge in [0.25, 0.3) is 0 Å². The summed E-state index contributed by atoms with van der Waals surface area (Å²) in [6.45, 7) is 15.8. The molecular formula is C48H65FO8. The molecule has 6 saturated carbocycles. The van der Waals surface area contributed by atoms with Gasteiger partial charge < -0.3 is 19.7 Å². The summed E-state index contributed by atoms with van der Waals surface area (Å²) in [6.07, 6.45) is 13.0. The number of alkyl halides is 1. The highest BCUT2D eigenvalue weighted by atomic mass is 19.1. The molecule has 2 N–H and O–H groups in total. The van der Waals surface area contributed by atoms with Crippen LogP contribution in [0.15, 0.2) is 47.6 Å². The third kappa shape index (κ3) is 5.91. The molecule has 0 radical (unpaired) electrons. The molecule has 0 aromatic heterocycles. The number of fused-ring (bicyclic) bond motifs is 10. The van der Waals surface area contributed by atoms with Crippen molar-refractivity contribution in [2.24, 2.45) is 69.5 Å². The van der Waals surface area contributed by atoms with E-state index >= 15 is 4.39 Å². The Morgan fingerprint density at radius 2 is 1.65 bits per heavy atom. The largest absolute Gasteiger partial charge is 0.462 e. The molecule has 0 spiro atoms. The first-order valence-corrected chi connectivity index (χ1v) is 22.1. The van der Waals surface area contributed by atoms with E-state index < -0.39 is 58.4 Å². The van der Waals surface area contributed by atoms with E-state index in [4.69, 9.17) is 9.47 Å². The van der Waals surface area contributed by atoms with Crippen molar-refractivity contribution in [2.45, 2.75) is 148 Å². The van der Waals surface area contributed by atoms with Gasteiger partial charge in [0.1, 0.15) is 11.7 Å². The summed E-state index contributed by atoms with van der Waals surface area (Å²) in [5, 5.41) is 23.9. The van der Waals surface area contributed by atoms with E-state index in [0.29, 0.717) is 61.2 Å². The number of hydrogen-bond donors (Lipinski definition) is 2. The second-order valence-corrected chi connectivity index (χ2v) is 20.8. The lowest BCUT2D eigenvalue weighted by Crippen LogP contribution is -2.69. The number of aliphatic hydroxyl groups excluding tert-OH is 1. The van der Waals surface area contributed by atoms with Crippen LogP contribution in [0.5, 0.6) is 0 Å². The van der Waals surface area contributed by atoms with Gasteiger partial charge in [-0.3, -0.25) is 19.2 Å². The molecule has 8 nitrogen and oxygen atoms in total. The molecule has 0 saturated heterocycles. The van der Waals surface area contributed by atoms with Gasteiger partial charge in [-0.15, -0.1) is 0 Å². The van der Waals surface area contributed by atoms with Gasteiger partial charge in [0, 0.05) is 41.4 Å². The topological polar surface area (TPSA) is 127 Å². The summed E-state index contributed by atoms with van der Waals surface area (Å²) in [5.41, 5.74) is -3.04. The molecule has 6 fully saturated rings. The van der Waals surface area contributed by atoms with Crippen LogP contribution in [-0.2, 0) is 28.7 Å². The van der Waals surface area contributed by atoms with E-state index in [1.807, 2.05) is 31.2 Å². The minimum atomic E-state index is -1.97. The molecule has 312 valence electrons. The number of aliphatic hydroxyl groups is 2. The Labute approximate surface area is 338 Å². The van der Waals surface area contributed by atoms with E-state index in [0.717, 1.165) is 43.3 Å². The summed E-state index contributed by atoms with van der Waals surface area (Å²) in [5.74, 6) is 0.238. The number of hydrogen-bond acceptors (Lipinski definition) is 8. The van der Waals surface area contributed by atoms with Gasteiger partial charge in [0.05, 0.1) is 6.10 Å². The van der Waals surface area contributed by atoms with Crippen LogP contribution in [0.1, 0.15) is 125 Å². The van der Waals surface area contributed by atoms with Gasteiger partial charge in [0.2, 0.25) is 5.78 Å². The van der Waals surface area contributed by atoms with Gasteiger partial charge in [-0.05, 0) is 130 Å². The average Bonchev–Trinajstić information content (AvgIpc) is 3.56. The fourth-order valence-electron chi connectivity index (χ4n) is 15.4. The van der Waals surface area contributed by atoms with Gasteiger partial charge in [-0.2, -0.15) is 0 Å². The number of rotatable bonds is 8. The fraction of sp³-hybridized carbons (Fsp3) is 0.750. The minimum absolute atomic E-state index is 0.0622. The standard InChI is InChI=1S/C48H65FO8/c1-26-17-18-45(6)31(19-26)11-14-34-36-21-29(4)48(55,46(36,7)24-37(51)47(34,45)49)38(52)25-56-40(53)9-8-10-41(54)57-39-16-15-35-43-27(2)20-30-22-32(50)12-13-33(30)42(43)28(3)23-44(35,39)5/h17-19,22,27-29,33-37,39,42-43,51,55H,1,8-16,20-21,23-25H2,2-7H3. The van der Waals surface area contributed by atoms with E-state index in [1.54, 1.807) is 13.8 Å². The molecule has 8 aliphatic rings. The lowest BCUT2D eigenvalue weighted by atomic mass is 9.44. The Bertz CT molecular complexity index is 1830. The van der Waals surface area contributed by atoms with E-state index in [2.05, 4.69) is 27.4 Å². The van der Waals surface area contributed by atoms with Crippen LogP contribution in [0.3, 0.4) is 0 Å². The average molecular weight is 789 g/mol. The van der Waals surface area contributed by atoms with Crippen LogP contribution in [0.25, 0.3) is 0 Å². The summed E-state index contributed by atoms with van der Waals surface area (Å²) >= 11 is 0. The summed E-state index contributed by atoms with van der Waals surface area (Å²) in [7, 11) is 0. The number of ether oxygens (including phenoxy) is 2. The molecule has 0 bridgehead atoms. The number of halogens is 1. The van der Waals surface area contributed by atoms with Crippen molar-refractivity contribution in [3.8, 4) is 0 Å². The molecule has 16 unspecified atom stereocenters. The molecule has 0 aromatic carbocycles. The highest BCUT2D eigenvalue weighted by Gasteiger charge is 2.75. The zero-order valence-electron chi connectivity index (χ0n) is 35.0. The van der Waals surface area contributed by atoms with Crippen LogP contribution < -0.4 is 0 Å². The van der Waals surface area contributed by atoms with Gasteiger partial charge >= 0.3 is 11.9 Å². The third-order valence-electron chi connectivity index (χ3n) is 18.0. The molecule has 0 aromatic rings. The Balaban J connectivity index is 0.847. The van der Waals surface area contributed by atoms with Crippen molar-refractivity contribution in [1.82, 2.24) is 0 Å². The first-order valence-electron chi connectivity index (χ1n) is 22.1.